The van der Waals surface area contributed by atoms with Gasteiger partial charge in [-0.05, 0) is 6.07 Å². The lowest BCUT2D eigenvalue weighted by atomic mass is 10.1. The number of rotatable bonds is 3. The van der Waals surface area contributed by atoms with Crippen LogP contribution in [0.2, 0.25) is 10.0 Å². The Bertz CT molecular complexity index is 711. The van der Waals surface area contributed by atoms with E-state index < -0.39 is 49.5 Å². The van der Waals surface area contributed by atoms with E-state index in [0.717, 1.165) is 11.0 Å². The summed E-state index contributed by atoms with van der Waals surface area (Å²) in [5.74, 6) is -4.64. The molecule has 0 bridgehead atoms. The van der Waals surface area contributed by atoms with Crippen LogP contribution in [-0.4, -0.2) is 26.6 Å². The quantitative estimate of drug-likeness (QED) is 0.472. The zero-order valence-electron chi connectivity index (χ0n) is 10.2. The number of halogens is 5. The van der Waals surface area contributed by atoms with Crippen LogP contribution in [0.3, 0.4) is 0 Å². The van der Waals surface area contributed by atoms with E-state index in [0.29, 0.717) is 0 Å². The third-order valence-electron chi connectivity index (χ3n) is 3.01. The monoisotopic (exact) mass is 361 g/mol. The van der Waals surface area contributed by atoms with E-state index in [2.05, 4.69) is 0 Å². The average Bonchev–Trinajstić information content (AvgIpc) is 2.69. The molecule has 1 unspecified atom stereocenters. The normalized spacial score (nSPS) is 19.4. The highest BCUT2D eigenvalue weighted by atomic mass is 35.5. The minimum absolute atomic E-state index is 0.225. The first-order valence-corrected chi connectivity index (χ1v) is 7.96. The molecule has 0 radical (unpaired) electrons. The Morgan fingerprint density at radius 1 is 1.29 bits per heavy atom. The van der Waals surface area contributed by atoms with Crippen molar-refractivity contribution in [3.8, 4) is 0 Å². The number of amides is 1. The molecular weight excluding hydrogens is 354 g/mol. The van der Waals surface area contributed by atoms with Crippen molar-refractivity contribution in [1.82, 2.24) is 0 Å². The Hall–Kier alpha value is -0.990. The van der Waals surface area contributed by atoms with Gasteiger partial charge in [0.05, 0.1) is 16.5 Å². The molecule has 1 amide bonds. The first kappa shape index (κ1) is 16.4. The van der Waals surface area contributed by atoms with E-state index in [4.69, 9.17) is 23.2 Å². The Kier molecular flexibility index (Phi) is 4.41. The summed E-state index contributed by atoms with van der Waals surface area (Å²) in [5.41, 5.74) is -0.366. The minimum atomic E-state index is -4.75. The van der Waals surface area contributed by atoms with Crippen molar-refractivity contribution in [2.24, 2.45) is 5.92 Å². The fraction of sp³-hybridized carbons (Fsp3) is 0.364. The van der Waals surface area contributed by atoms with E-state index in [1.54, 1.807) is 0 Å². The van der Waals surface area contributed by atoms with Gasteiger partial charge in [0, 0.05) is 18.9 Å². The number of benzene rings is 1. The van der Waals surface area contributed by atoms with E-state index in [9.17, 15) is 25.9 Å². The van der Waals surface area contributed by atoms with Gasteiger partial charge in [-0.3, -0.25) is 4.79 Å². The van der Waals surface area contributed by atoms with Gasteiger partial charge in [0.1, 0.15) is 5.02 Å². The molecule has 116 valence electrons. The maximum Gasteiger partial charge on any atom is 0.302 e. The predicted octanol–water partition coefficient (Wildman–Crippen LogP) is 2.92. The molecule has 0 N–H and O–H groups in total. The molecule has 0 saturated carbocycles. The van der Waals surface area contributed by atoms with Crippen molar-refractivity contribution in [2.45, 2.75) is 6.42 Å². The molecule has 1 aliphatic rings. The molecule has 4 nitrogen and oxygen atoms in total. The number of anilines is 1. The fourth-order valence-corrected chi connectivity index (χ4v) is 3.40. The van der Waals surface area contributed by atoms with Gasteiger partial charge in [0.15, 0.2) is 11.6 Å². The molecule has 1 aromatic rings. The van der Waals surface area contributed by atoms with Crippen molar-refractivity contribution in [3.05, 3.63) is 27.7 Å². The number of hydrogen-bond donors (Lipinski definition) is 0. The molecule has 1 atom stereocenters. The maximum absolute atomic E-state index is 13.9. The Morgan fingerprint density at radius 3 is 2.48 bits per heavy atom. The van der Waals surface area contributed by atoms with Crippen molar-refractivity contribution < 1.29 is 25.9 Å². The van der Waals surface area contributed by atoms with Crippen LogP contribution in [0.25, 0.3) is 0 Å². The summed E-state index contributed by atoms with van der Waals surface area (Å²) in [6.07, 6.45) is -0.269. The molecule has 0 spiro atoms. The number of carbonyl (C=O) groups is 1. The number of nitrogens with zero attached hydrogens (tertiary/aromatic N) is 1. The predicted molar refractivity (Wildman–Crippen MR) is 71.7 cm³/mol. The van der Waals surface area contributed by atoms with Gasteiger partial charge in [-0.15, -0.1) is 3.89 Å². The van der Waals surface area contributed by atoms with Crippen molar-refractivity contribution in [3.63, 3.8) is 0 Å². The van der Waals surface area contributed by atoms with Crippen LogP contribution in [0.4, 0.5) is 18.4 Å². The molecular formula is C11H8Cl2F3NO3S. The summed E-state index contributed by atoms with van der Waals surface area (Å²) < 4.78 is 61.1. The molecule has 0 aliphatic carbocycles. The van der Waals surface area contributed by atoms with Crippen LogP contribution < -0.4 is 4.90 Å². The van der Waals surface area contributed by atoms with E-state index in [1.165, 1.54) is 0 Å². The standard InChI is InChI=1S/C11H8Cl2F3NO3S/c12-6-2-7(11(15)9(13)10(6)14)17-3-5(1-8(17)18)4-21(16,19)20/h2,5H,1,3-4H2. The lowest BCUT2D eigenvalue weighted by molar-refractivity contribution is -0.117. The Labute approximate surface area is 128 Å². The average molecular weight is 362 g/mol. The maximum atomic E-state index is 13.9. The van der Waals surface area contributed by atoms with Gasteiger partial charge in [-0.25, -0.2) is 8.78 Å². The molecule has 1 aliphatic heterocycles. The van der Waals surface area contributed by atoms with Crippen LogP contribution in [0.15, 0.2) is 6.07 Å². The SMILES string of the molecule is O=C1CC(CS(=O)(=O)F)CN1c1cc(Cl)c(F)c(Cl)c1F. The van der Waals surface area contributed by atoms with Crippen molar-refractivity contribution in [2.75, 3.05) is 17.2 Å². The van der Waals surface area contributed by atoms with E-state index in [-0.39, 0.29) is 18.7 Å². The number of hydrogen-bond acceptors (Lipinski definition) is 3. The Balaban J connectivity index is 2.34. The van der Waals surface area contributed by atoms with Crippen LogP contribution in [0, 0.1) is 17.6 Å². The summed E-state index contributed by atoms with van der Waals surface area (Å²) in [5, 5.41) is -1.35. The molecule has 1 aromatic carbocycles. The van der Waals surface area contributed by atoms with E-state index >= 15 is 0 Å². The van der Waals surface area contributed by atoms with Crippen LogP contribution in [-0.2, 0) is 15.0 Å². The molecule has 0 aromatic heterocycles. The minimum Gasteiger partial charge on any atom is -0.309 e. The summed E-state index contributed by atoms with van der Waals surface area (Å²) in [4.78, 5) is 12.7. The van der Waals surface area contributed by atoms with Crippen LogP contribution in [0.5, 0.6) is 0 Å². The van der Waals surface area contributed by atoms with Crippen LogP contribution >= 0.6 is 23.2 Å². The zero-order chi connectivity index (χ0) is 15.9. The molecule has 21 heavy (non-hydrogen) atoms. The van der Waals surface area contributed by atoms with Crippen molar-refractivity contribution >= 4 is 45.0 Å². The molecule has 1 heterocycles. The molecule has 2 rings (SSSR count). The van der Waals surface area contributed by atoms with E-state index in [1.807, 2.05) is 0 Å². The van der Waals surface area contributed by atoms with Crippen LogP contribution in [0.1, 0.15) is 6.42 Å². The van der Waals surface area contributed by atoms with Gasteiger partial charge in [0.2, 0.25) is 5.91 Å². The van der Waals surface area contributed by atoms with Crippen molar-refractivity contribution in [1.29, 1.82) is 0 Å². The molecule has 1 saturated heterocycles. The smallest absolute Gasteiger partial charge is 0.302 e. The summed E-state index contributed by atoms with van der Waals surface area (Å²) in [6, 6.07) is 0.877. The second-order valence-corrected chi connectivity index (χ2v) is 6.80. The number of carbonyl (C=O) groups excluding carboxylic acids is 1. The summed E-state index contributed by atoms with van der Waals surface area (Å²) >= 11 is 11.0. The lowest BCUT2D eigenvalue weighted by Crippen LogP contribution is -2.26. The van der Waals surface area contributed by atoms with Gasteiger partial charge >= 0.3 is 10.2 Å². The van der Waals surface area contributed by atoms with Gasteiger partial charge in [-0.2, -0.15) is 8.42 Å². The second-order valence-electron chi connectivity index (χ2n) is 4.60. The molecule has 10 heteroatoms. The highest BCUT2D eigenvalue weighted by molar-refractivity contribution is 7.86. The zero-order valence-corrected chi connectivity index (χ0v) is 12.6. The third-order valence-corrected chi connectivity index (χ3v) is 4.49. The molecule has 1 fully saturated rings. The van der Waals surface area contributed by atoms with Gasteiger partial charge < -0.3 is 4.90 Å². The van der Waals surface area contributed by atoms with Gasteiger partial charge in [-0.1, -0.05) is 23.2 Å². The lowest BCUT2D eigenvalue weighted by Gasteiger charge is -2.18. The summed E-state index contributed by atoms with van der Waals surface area (Å²) in [6.45, 7) is -0.225. The highest BCUT2D eigenvalue weighted by Crippen LogP contribution is 2.36. The largest absolute Gasteiger partial charge is 0.309 e. The third kappa shape index (κ3) is 3.44. The summed E-state index contributed by atoms with van der Waals surface area (Å²) in [7, 11) is -4.75. The highest BCUT2D eigenvalue weighted by Gasteiger charge is 2.35. The first-order valence-electron chi connectivity index (χ1n) is 5.66. The first-order chi connectivity index (χ1) is 9.60. The Morgan fingerprint density at radius 2 is 1.90 bits per heavy atom. The van der Waals surface area contributed by atoms with Gasteiger partial charge in [0.25, 0.3) is 0 Å². The topological polar surface area (TPSA) is 54.5 Å². The fourth-order valence-electron chi connectivity index (χ4n) is 2.16. The second kappa shape index (κ2) is 5.66.